The van der Waals surface area contributed by atoms with Crippen LogP contribution in [0.25, 0.3) is 6.08 Å². The van der Waals surface area contributed by atoms with Crippen molar-refractivity contribution in [1.82, 2.24) is 0 Å². The summed E-state index contributed by atoms with van der Waals surface area (Å²) in [5.41, 5.74) is 1.25. The van der Waals surface area contributed by atoms with E-state index in [4.69, 9.17) is 15.1 Å². The number of nitrogens with zero attached hydrogens (tertiary/aromatic N) is 2. The Balaban J connectivity index is 3.24. The Bertz CT molecular complexity index is 555. The molecule has 0 fully saturated rings. The maximum atomic E-state index is 10.9. The van der Waals surface area contributed by atoms with E-state index in [0.29, 0.717) is 11.3 Å². The number of aliphatic carboxylic acids is 1. The lowest BCUT2D eigenvalue weighted by molar-refractivity contribution is -0.132. The molecule has 5 heteroatoms. The van der Waals surface area contributed by atoms with Crippen LogP contribution in [0.3, 0.4) is 0 Å². The number of carboxylic acids is 1. The first kappa shape index (κ1) is 15.6. The van der Waals surface area contributed by atoms with Gasteiger partial charge in [0, 0.05) is 30.4 Å². The first-order valence-electron chi connectivity index (χ1n) is 6.35. The van der Waals surface area contributed by atoms with Gasteiger partial charge >= 0.3 is 5.97 Å². The van der Waals surface area contributed by atoms with Crippen LogP contribution in [-0.2, 0) is 4.79 Å². The van der Waals surface area contributed by atoms with E-state index in [2.05, 4.69) is 18.7 Å². The Morgan fingerprint density at radius 1 is 1.45 bits per heavy atom. The fourth-order valence-corrected chi connectivity index (χ4v) is 1.90. The lowest BCUT2D eigenvalue weighted by Crippen LogP contribution is -2.21. The fourth-order valence-electron chi connectivity index (χ4n) is 1.90. The number of hydrogen-bond donors (Lipinski definition) is 1. The monoisotopic (exact) mass is 274 g/mol. The molecule has 0 saturated heterocycles. The summed E-state index contributed by atoms with van der Waals surface area (Å²) < 4.78 is 5.28. The Morgan fingerprint density at radius 3 is 2.55 bits per heavy atom. The smallest absolute Gasteiger partial charge is 0.346 e. The number of carboxylic acid groups (broad SMARTS) is 1. The summed E-state index contributed by atoms with van der Waals surface area (Å²) in [6.07, 6.45) is 1.31. The van der Waals surface area contributed by atoms with Crippen molar-refractivity contribution in [2.45, 2.75) is 13.8 Å². The van der Waals surface area contributed by atoms with Gasteiger partial charge in [-0.15, -0.1) is 0 Å². The van der Waals surface area contributed by atoms with Gasteiger partial charge in [-0.2, -0.15) is 5.26 Å². The first-order valence-corrected chi connectivity index (χ1v) is 6.35. The summed E-state index contributed by atoms with van der Waals surface area (Å²) in [5.74, 6) is -0.703. The average molecular weight is 274 g/mol. The molecule has 0 aliphatic rings. The van der Waals surface area contributed by atoms with Crippen LogP contribution in [0.4, 0.5) is 5.69 Å². The largest absolute Gasteiger partial charge is 0.496 e. The molecule has 1 aromatic rings. The second-order valence-electron chi connectivity index (χ2n) is 4.07. The van der Waals surface area contributed by atoms with Crippen LogP contribution in [-0.4, -0.2) is 31.3 Å². The minimum Gasteiger partial charge on any atom is -0.496 e. The van der Waals surface area contributed by atoms with Crippen LogP contribution in [0.5, 0.6) is 5.75 Å². The molecule has 0 saturated carbocycles. The molecular weight excluding hydrogens is 256 g/mol. The standard InChI is InChI=1S/C15H18N2O3/c1-4-17(5-2)13-7-6-11(14(9-13)20-3)8-12(10-16)15(18)19/h6-9H,4-5H2,1-3H3,(H,18,19)/b12-8+. The fraction of sp³-hybridized carbons (Fsp3) is 0.333. The van der Waals surface area contributed by atoms with E-state index in [0.717, 1.165) is 18.8 Å². The highest BCUT2D eigenvalue weighted by molar-refractivity contribution is 5.97. The van der Waals surface area contributed by atoms with Gasteiger partial charge in [-0.25, -0.2) is 4.79 Å². The van der Waals surface area contributed by atoms with E-state index < -0.39 is 5.97 Å². The van der Waals surface area contributed by atoms with Gasteiger partial charge in [0.15, 0.2) is 0 Å². The van der Waals surface area contributed by atoms with E-state index in [1.165, 1.54) is 13.2 Å². The van der Waals surface area contributed by atoms with Crippen molar-refractivity contribution < 1.29 is 14.6 Å². The van der Waals surface area contributed by atoms with Crippen molar-refractivity contribution in [1.29, 1.82) is 5.26 Å². The lowest BCUT2D eigenvalue weighted by Gasteiger charge is -2.22. The van der Waals surface area contributed by atoms with Crippen molar-refractivity contribution in [3.63, 3.8) is 0 Å². The summed E-state index contributed by atoms with van der Waals surface area (Å²) in [7, 11) is 1.52. The van der Waals surface area contributed by atoms with E-state index in [-0.39, 0.29) is 5.57 Å². The third-order valence-electron chi connectivity index (χ3n) is 3.00. The van der Waals surface area contributed by atoms with Crippen molar-refractivity contribution in [3.8, 4) is 11.8 Å². The van der Waals surface area contributed by atoms with Crippen LogP contribution in [0.2, 0.25) is 0 Å². The molecule has 0 atom stereocenters. The van der Waals surface area contributed by atoms with Crippen molar-refractivity contribution in [2.24, 2.45) is 0 Å². The zero-order valence-corrected chi connectivity index (χ0v) is 11.9. The number of benzene rings is 1. The Morgan fingerprint density at radius 2 is 2.10 bits per heavy atom. The van der Waals surface area contributed by atoms with Gasteiger partial charge in [-0.05, 0) is 32.1 Å². The van der Waals surface area contributed by atoms with Crippen LogP contribution in [0, 0.1) is 11.3 Å². The third-order valence-corrected chi connectivity index (χ3v) is 3.00. The van der Waals surface area contributed by atoms with Crippen LogP contribution >= 0.6 is 0 Å². The van der Waals surface area contributed by atoms with Crippen molar-refractivity contribution in [2.75, 3.05) is 25.1 Å². The second-order valence-corrected chi connectivity index (χ2v) is 4.07. The van der Waals surface area contributed by atoms with E-state index in [9.17, 15) is 4.79 Å². The zero-order valence-electron chi connectivity index (χ0n) is 11.9. The number of nitriles is 1. The van der Waals surface area contributed by atoms with Crippen molar-refractivity contribution >= 4 is 17.7 Å². The van der Waals surface area contributed by atoms with Crippen LogP contribution in [0.15, 0.2) is 23.8 Å². The molecule has 1 N–H and O–H groups in total. The van der Waals surface area contributed by atoms with Crippen LogP contribution in [0.1, 0.15) is 19.4 Å². The van der Waals surface area contributed by atoms with E-state index in [1.54, 1.807) is 12.1 Å². The molecule has 0 aromatic heterocycles. The van der Waals surface area contributed by atoms with Gasteiger partial charge in [-0.3, -0.25) is 0 Å². The predicted molar refractivity (Wildman–Crippen MR) is 77.8 cm³/mol. The van der Waals surface area contributed by atoms with E-state index >= 15 is 0 Å². The van der Waals surface area contributed by atoms with Gasteiger partial charge in [0.2, 0.25) is 0 Å². The quantitative estimate of drug-likeness (QED) is 0.637. The molecule has 0 aliphatic heterocycles. The summed E-state index contributed by atoms with van der Waals surface area (Å²) >= 11 is 0. The summed E-state index contributed by atoms with van der Waals surface area (Å²) in [6.45, 7) is 5.85. The average Bonchev–Trinajstić information content (AvgIpc) is 2.46. The molecule has 5 nitrogen and oxygen atoms in total. The Labute approximate surface area is 118 Å². The van der Waals surface area contributed by atoms with Gasteiger partial charge < -0.3 is 14.7 Å². The lowest BCUT2D eigenvalue weighted by atomic mass is 10.1. The zero-order chi connectivity index (χ0) is 15.1. The summed E-state index contributed by atoms with van der Waals surface area (Å²) in [5, 5.41) is 17.7. The molecule has 106 valence electrons. The normalized spacial score (nSPS) is 10.8. The second kappa shape index (κ2) is 7.19. The Hall–Kier alpha value is -2.48. The molecule has 1 rings (SSSR count). The van der Waals surface area contributed by atoms with Gasteiger partial charge in [-0.1, -0.05) is 0 Å². The van der Waals surface area contributed by atoms with Gasteiger partial charge in [0.05, 0.1) is 7.11 Å². The van der Waals surface area contributed by atoms with E-state index in [1.807, 2.05) is 12.1 Å². The first-order chi connectivity index (χ1) is 9.57. The number of anilines is 1. The maximum Gasteiger partial charge on any atom is 0.346 e. The maximum absolute atomic E-state index is 10.9. The number of hydrogen-bond acceptors (Lipinski definition) is 4. The molecule has 0 unspecified atom stereocenters. The van der Waals surface area contributed by atoms with Crippen molar-refractivity contribution in [3.05, 3.63) is 29.3 Å². The molecule has 0 amide bonds. The SMILES string of the molecule is CCN(CC)c1ccc(/C=C(\C#N)C(=O)O)c(OC)c1. The summed E-state index contributed by atoms with van der Waals surface area (Å²) in [4.78, 5) is 13.0. The number of methoxy groups -OCH3 is 1. The molecule has 0 bridgehead atoms. The highest BCUT2D eigenvalue weighted by atomic mass is 16.5. The molecule has 0 radical (unpaired) electrons. The minimum absolute atomic E-state index is 0.320. The Kier molecular flexibility index (Phi) is 5.60. The number of carbonyl (C=O) groups is 1. The van der Waals surface area contributed by atoms with Crippen LogP contribution < -0.4 is 9.64 Å². The molecule has 1 aromatic carbocycles. The highest BCUT2D eigenvalue weighted by Gasteiger charge is 2.10. The molecular formula is C15H18N2O3. The predicted octanol–water partition coefficient (Wildman–Crippen LogP) is 2.53. The minimum atomic E-state index is -1.25. The molecule has 0 spiro atoms. The molecule has 0 aliphatic carbocycles. The number of ether oxygens (including phenoxy) is 1. The van der Waals surface area contributed by atoms with Gasteiger partial charge in [0.25, 0.3) is 0 Å². The highest BCUT2D eigenvalue weighted by Crippen LogP contribution is 2.27. The number of rotatable bonds is 6. The topological polar surface area (TPSA) is 73.6 Å². The third kappa shape index (κ3) is 3.51. The molecule has 0 heterocycles. The van der Waals surface area contributed by atoms with Gasteiger partial charge in [0.1, 0.15) is 17.4 Å². The summed E-state index contributed by atoms with van der Waals surface area (Å²) in [6, 6.07) is 7.14. The molecule has 20 heavy (non-hydrogen) atoms.